The molecule has 128 valence electrons. The maximum atomic E-state index is 12.4. The molecule has 1 N–H and O–H groups in total. The summed E-state index contributed by atoms with van der Waals surface area (Å²) in [5.74, 6) is 0.103. The third-order valence-corrected chi connectivity index (χ3v) is 4.03. The second kappa shape index (κ2) is 7.39. The molecule has 1 aliphatic heterocycles. The van der Waals surface area contributed by atoms with Gasteiger partial charge in [-0.25, -0.2) is 0 Å². The summed E-state index contributed by atoms with van der Waals surface area (Å²) in [6.45, 7) is 3.50. The second-order valence-corrected chi connectivity index (χ2v) is 5.60. The summed E-state index contributed by atoms with van der Waals surface area (Å²) >= 11 is 0. The maximum absolute atomic E-state index is 12.4. The minimum Gasteiger partial charge on any atom is -0.480 e. The van der Waals surface area contributed by atoms with Gasteiger partial charge < -0.3 is 14.8 Å². The van der Waals surface area contributed by atoms with Gasteiger partial charge in [-0.05, 0) is 25.8 Å². The molecule has 1 saturated heterocycles. The normalized spacial score (nSPS) is 20.6. The summed E-state index contributed by atoms with van der Waals surface area (Å²) in [5, 5.41) is 15.0. The van der Waals surface area contributed by atoms with Crippen LogP contribution in [0.15, 0.2) is 24.5 Å². The third kappa shape index (κ3) is 3.53. The molecule has 0 spiro atoms. The summed E-state index contributed by atoms with van der Waals surface area (Å²) in [6.07, 6.45) is 5.30. The molecule has 8 heteroatoms. The van der Waals surface area contributed by atoms with Gasteiger partial charge in [0.05, 0.1) is 19.3 Å². The van der Waals surface area contributed by atoms with Crippen LogP contribution in [0.1, 0.15) is 41.9 Å². The molecular formula is C16H21N5O3. The minimum absolute atomic E-state index is 0.121. The molecule has 2 atom stereocenters. The van der Waals surface area contributed by atoms with Crippen LogP contribution in [0.5, 0.6) is 5.88 Å². The van der Waals surface area contributed by atoms with Crippen LogP contribution >= 0.6 is 0 Å². The number of hydrogen-bond acceptors (Lipinski definition) is 6. The lowest BCUT2D eigenvalue weighted by atomic mass is 9.98. The molecule has 2 aromatic rings. The Labute approximate surface area is 140 Å². The van der Waals surface area contributed by atoms with Crippen LogP contribution in [-0.2, 0) is 11.3 Å². The van der Waals surface area contributed by atoms with E-state index in [1.54, 1.807) is 18.3 Å². The fourth-order valence-electron chi connectivity index (χ4n) is 2.75. The van der Waals surface area contributed by atoms with Crippen LogP contribution in [0.2, 0.25) is 0 Å². The van der Waals surface area contributed by atoms with Crippen molar-refractivity contribution < 1.29 is 14.3 Å². The topological polar surface area (TPSA) is 91.2 Å². The average molecular weight is 331 g/mol. The summed E-state index contributed by atoms with van der Waals surface area (Å²) in [7, 11) is 1.50. The summed E-state index contributed by atoms with van der Waals surface area (Å²) in [6, 6.07) is 3.08. The average Bonchev–Trinajstić information content (AvgIpc) is 3.11. The second-order valence-electron chi connectivity index (χ2n) is 5.60. The molecular weight excluding hydrogens is 310 g/mol. The number of amides is 1. The van der Waals surface area contributed by atoms with Crippen LogP contribution in [0.4, 0.5) is 0 Å². The van der Waals surface area contributed by atoms with Gasteiger partial charge in [-0.1, -0.05) is 0 Å². The van der Waals surface area contributed by atoms with Crippen molar-refractivity contribution in [1.82, 2.24) is 25.3 Å². The van der Waals surface area contributed by atoms with E-state index in [1.807, 2.05) is 17.8 Å². The predicted molar refractivity (Wildman–Crippen MR) is 85.7 cm³/mol. The van der Waals surface area contributed by atoms with E-state index in [4.69, 9.17) is 9.47 Å². The number of rotatable bonds is 5. The van der Waals surface area contributed by atoms with E-state index in [1.165, 1.54) is 7.11 Å². The highest BCUT2D eigenvalue weighted by atomic mass is 16.5. The predicted octanol–water partition coefficient (Wildman–Crippen LogP) is 1.35. The van der Waals surface area contributed by atoms with Crippen molar-refractivity contribution in [1.29, 1.82) is 0 Å². The Morgan fingerprint density at radius 1 is 1.46 bits per heavy atom. The van der Waals surface area contributed by atoms with Crippen molar-refractivity contribution in [2.45, 2.75) is 38.5 Å². The lowest BCUT2D eigenvalue weighted by Gasteiger charge is -2.31. The highest BCUT2D eigenvalue weighted by Gasteiger charge is 2.30. The van der Waals surface area contributed by atoms with Gasteiger partial charge in [-0.2, -0.15) is 5.10 Å². The molecule has 2 aromatic heterocycles. The molecule has 3 heterocycles. The van der Waals surface area contributed by atoms with E-state index in [0.717, 1.165) is 24.9 Å². The molecule has 0 saturated carbocycles. The van der Waals surface area contributed by atoms with E-state index in [2.05, 4.69) is 20.6 Å². The molecule has 0 unspecified atom stereocenters. The molecule has 8 nitrogen and oxygen atoms in total. The number of aryl methyl sites for hydroxylation is 1. The molecule has 0 aliphatic carbocycles. The van der Waals surface area contributed by atoms with Gasteiger partial charge in [-0.3, -0.25) is 9.48 Å². The summed E-state index contributed by atoms with van der Waals surface area (Å²) in [5.41, 5.74) is 1.23. The minimum atomic E-state index is -0.270. The Kier molecular flexibility index (Phi) is 5.05. The number of carbonyl (C=O) groups is 1. The molecule has 1 fully saturated rings. The van der Waals surface area contributed by atoms with Crippen LogP contribution in [0.3, 0.4) is 0 Å². The molecule has 24 heavy (non-hydrogen) atoms. The van der Waals surface area contributed by atoms with Crippen molar-refractivity contribution in [2.24, 2.45) is 0 Å². The molecule has 1 aliphatic rings. The van der Waals surface area contributed by atoms with Gasteiger partial charge in [-0.15, -0.1) is 10.2 Å². The van der Waals surface area contributed by atoms with Gasteiger partial charge in [0, 0.05) is 31.0 Å². The maximum Gasteiger partial charge on any atom is 0.272 e. The van der Waals surface area contributed by atoms with Crippen LogP contribution in [-0.4, -0.2) is 45.6 Å². The lowest BCUT2D eigenvalue weighted by molar-refractivity contribution is -0.00957. The van der Waals surface area contributed by atoms with Crippen LogP contribution < -0.4 is 10.1 Å². The monoisotopic (exact) mass is 331 g/mol. The number of ether oxygens (including phenoxy) is 2. The first kappa shape index (κ1) is 16.4. The fraction of sp³-hybridized carbons (Fsp3) is 0.500. The van der Waals surface area contributed by atoms with E-state index in [-0.39, 0.29) is 23.7 Å². The molecule has 0 aromatic carbocycles. The molecule has 0 radical (unpaired) electrons. The molecule has 1 amide bonds. The quantitative estimate of drug-likeness (QED) is 0.889. The largest absolute Gasteiger partial charge is 0.480 e. The number of nitrogens with zero attached hydrogens (tertiary/aromatic N) is 4. The first-order chi connectivity index (χ1) is 11.7. The van der Waals surface area contributed by atoms with Crippen molar-refractivity contribution in [3.05, 3.63) is 35.8 Å². The first-order valence-corrected chi connectivity index (χ1v) is 8.03. The van der Waals surface area contributed by atoms with E-state index in [9.17, 15) is 4.79 Å². The number of methoxy groups -OCH3 is 1. The molecule has 3 rings (SSSR count). The lowest BCUT2D eigenvalue weighted by Crippen LogP contribution is -2.43. The Bertz CT molecular complexity index is 685. The number of hydrogen-bond donors (Lipinski definition) is 1. The fourth-order valence-corrected chi connectivity index (χ4v) is 2.75. The molecule has 0 bridgehead atoms. The van der Waals surface area contributed by atoms with Gasteiger partial charge in [0.25, 0.3) is 5.91 Å². The zero-order chi connectivity index (χ0) is 16.9. The Balaban J connectivity index is 1.71. The summed E-state index contributed by atoms with van der Waals surface area (Å²) in [4.78, 5) is 12.4. The number of nitrogens with one attached hydrogen (secondary N) is 1. The van der Waals surface area contributed by atoms with Crippen molar-refractivity contribution in [2.75, 3.05) is 13.7 Å². The highest BCUT2D eigenvalue weighted by Crippen LogP contribution is 2.28. The highest BCUT2D eigenvalue weighted by molar-refractivity contribution is 5.92. The Morgan fingerprint density at radius 3 is 3.00 bits per heavy atom. The Morgan fingerprint density at radius 2 is 2.33 bits per heavy atom. The van der Waals surface area contributed by atoms with Gasteiger partial charge in [0.2, 0.25) is 5.88 Å². The number of carbonyl (C=O) groups excluding carboxylic acids is 1. The van der Waals surface area contributed by atoms with Gasteiger partial charge in [0.1, 0.15) is 6.10 Å². The van der Waals surface area contributed by atoms with Crippen molar-refractivity contribution >= 4 is 5.91 Å². The third-order valence-electron chi connectivity index (χ3n) is 4.03. The van der Waals surface area contributed by atoms with E-state index in [0.29, 0.717) is 12.5 Å². The standard InChI is InChI=1S/C16H21N5O3/c1-3-21-10-11(9-17-21)15-12(5-4-8-24-15)18-16(22)13-6-7-14(23-2)20-19-13/h6-7,9-10,12,15H,3-5,8H2,1-2H3,(H,18,22)/t12-,15+/m0/s1. The van der Waals surface area contributed by atoms with Crippen LogP contribution in [0, 0.1) is 0 Å². The van der Waals surface area contributed by atoms with Crippen LogP contribution in [0.25, 0.3) is 0 Å². The van der Waals surface area contributed by atoms with Gasteiger partial charge in [0.15, 0.2) is 5.69 Å². The van der Waals surface area contributed by atoms with E-state index >= 15 is 0 Å². The summed E-state index contributed by atoms with van der Waals surface area (Å²) < 4.78 is 12.7. The zero-order valence-corrected chi connectivity index (χ0v) is 13.8. The van der Waals surface area contributed by atoms with E-state index < -0.39 is 0 Å². The SMILES string of the molecule is CCn1cc([C@H]2OCCC[C@@H]2NC(=O)c2ccc(OC)nn2)cn1. The van der Waals surface area contributed by atoms with Crippen molar-refractivity contribution in [3.63, 3.8) is 0 Å². The van der Waals surface area contributed by atoms with Crippen molar-refractivity contribution in [3.8, 4) is 5.88 Å². The first-order valence-electron chi connectivity index (χ1n) is 8.03. The Hall–Kier alpha value is -2.48. The smallest absolute Gasteiger partial charge is 0.272 e. The zero-order valence-electron chi connectivity index (χ0n) is 13.8. The van der Waals surface area contributed by atoms with Gasteiger partial charge >= 0.3 is 0 Å². The number of aromatic nitrogens is 4.